The molecule has 1 heterocycles. The van der Waals surface area contributed by atoms with Crippen LogP contribution in [0.15, 0.2) is 10.7 Å². The molecule has 0 saturated heterocycles. The molecule has 0 aromatic carbocycles. The summed E-state index contributed by atoms with van der Waals surface area (Å²) in [7, 11) is 0. The third kappa shape index (κ3) is 3.62. The maximum atomic E-state index is 12.6. The van der Waals surface area contributed by atoms with Gasteiger partial charge in [0.25, 0.3) is 6.43 Å². The Kier molecular flexibility index (Phi) is 5.95. The Bertz CT molecular complexity index is 443. The van der Waals surface area contributed by atoms with E-state index < -0.39 is 12.4 Å². The molecule has 18 heavy (non-hydrogen) atoms. The molecule has 0 N–H and O–H groups in total. The smallest absolute Gasteiger partial charge is 0.310 e. The Morgan fingerprint density at radius 2 is 2.28 bits per heavy atom. The van der Waals surface area contributed by atoms with Gasteiger partial charge in [0.1, 0.15) is 5.69 Å². The fourth-order valence-electron chi connectivity index (χ4n) is 1.39. The van der Waals surface area contributed by atoms with Crippen molar-refractivity contribution in [2.24, 2.45) is 0 Å². The van der Waals surface area contributed by atoms with Gasteiger partial charge in [0.15, 0.2) is 0 Å². The van der Waals surface area contributed by atoms with Crippen LogP contribution in [0.1, 0.15) is 30.2 Å². The van der Waals surface area contributed by atoms with Gasteiger partial charge in [-0.3, -0.25) is 9.78 Å². The molecule has 0 saturated carbocycles. The molecular weight excluding hydrogens is 331 g/mol. The van der Waals surface area contributed by atoms with E-state index in [1.807, 2.05) is 0 Å². The number of carbonyl (C=O) groups excluding carboxylic acids is 1. The van der Waals surface area contributed by atoms with E-state index in [0.717, 1.165) is 0 Å². The summed E-state index contributed by atoms with van der Waals surface area (Å²) in [5.74, 6) is -0.431. The van der Waals surface area contributed by atoms with Gasteiger partial charge in [0, 0.05) is 16.5 Å². The molecule has 0 bridgehead atoms. The van der Waals surface area contributed by atoms with Crippen LogP contribution in [0, 0.1) is 0 Å². The van der Waals surface area contributed by atoms with Gasteiger partial charge in [-0.05, 0) is 34.0 Å². The summed E-state index contributed by atoms with van der Waals surface area (Å²) in [5.41, 5.74) is 0.549. The van der Waals surface area contributed by atoms with Gasteiger partial charge in [-0.25, -0.2) is 8.78 Å². The van der Waals surface area contributed by atoms with Crippen LogP contribution in [0.2, 0.25) is 0 Å². The van der Waals surface area contributed by atoms with Crippen molar-refractivity contribution < 1.29 is 18.3 Å². The van der Waals surface area contributed by atoms with Crippen LogP contribution in [0.3, 0.4) is 0 Å². The second-order valence-electron chi connectivity index (χ2n) is 3.38. The van der Waals surface area contributed by atoms with Crippen molar-refractivity contribution in [2.75, 3.05) is 6.61 Å². The summed E-state index contributed by atoms with van der Waals surface area (Å²) in [4.78, 5) is 15.0. The summed E-state index contributed by atoms with van der Waals surface area (Å²) in [6, 6.07) is 0. The number of alkyl halides is 3. The molecule has 0 atom stereocenters. The molecule has 0 unspecified atom stereocenters. The Labute approximate surface area is 117 Å². The lowest BCUT2D eigenvalue weighted by molar-refractivity contribution is -0.142. The predicted octanol–water partition coefficient (Wildman–Crippen LogP) is 3.63. The Morgan fingerprint density at radius 1 is 1.61 bits per heavy atom. The van der Waals surface area contributed by atoms with Crippen molar-refractivity contribution in [3.05, 3.63) is 27.5 Å². The van der Waals surface area contributed by atoms with Gasteiger partial charge in [-0.2, -0.15) is 0 Å². The summed E-state index contributed by atoms with van der Waals surface area (Å²) in [5, 5.41) is 0. The summed E-state index contributed by atoms with van der Waals surface area (Å²) >= 11 is 8.76. The first-order valence-corrected chi connectivity index (χ1v) is 6.49. The lowest BCUT2D eigenvalue weighted by Crippen LogP contribution is -2.10. The Morgan fingerprint density at radius 3 is 2.78 bits per heavy atom. The maximum absolute atomic E-state index is 12.6. The highest BCUT2D eigenvalue weighted by Gasteiger charge is 2.20. The fraction of sp³-hybridized carbons (Fsp3) is 0.455. The zero-order chi connectivity index (χ0) is 13.7. The lowest BCUT2D eigenvalue weighted by atomic mass is 10.1. The van der Waals surface area contributed by atoms with E-state index in [2.05, 4.69) is 20.9 Å². The highest BCUT2D eigenvalue weighted by molar-refractivity contribution is 9.10. The molecule has 0 amide bonds. The van der Waals surface area contributed by atoms with Crippen LogP contribution in [-0.4, -0.2) is 17.6 Å². The number of nitrogens with zero attached hydrogens (tertiary/aromatic N) is 1. The SMILES string of the molecule is CCOC(=O)Cc1cnc(C(F)F)c(Br)c1CCl. The van der Waals surface area contributed by atoms with Crippen LogP contribution in [0.4, 0.5) is 8.78 Å². The standard InChI is InChI=1S/C11H11BrClF2NO2/c1-2-18-8(17)3-6-5-16-10(11(14)15)9(12)7(6)4-13/h5,11H,2-4H2,1H3. The van der Waals surface area contributed by atoms with Crippen LogP contribution in [0.5, 0.6) is 0 Å². The number of esters is 1. The van der Waals surface area contributed by atoms with Gasteiger partial charge < -0.3 is 4.74 Å². The monoisotopic (exact) mass is 341 g/mol. The molecule has 0 aliphatic rings. The van der Waals surface area contributed by atoms with Gasteiger partial charge in [-0.1, -0.05) is 0 Å². The highest BCUT2D eigenvalue weighted by Crippen LogP contribution is 2.31. The second kappa shape index (κ2) is 6.99. The number of aromatic nitrogens is 1. The first-order valence-electron chi connectivity index (χ1n) is 5.17. The molecule has 0 spiro atoms. The number of hydrogen-bond acceptors (Lipinski definition) is 3. The normalized spacial score (nSPS) is 10.8. The number of halogens is 4. The van der Waals surface area contributed by atoms with E-state index in [9.17, 15) is 13.6 Å². The van der Waals surface area contributed by atoms with Crippen molar-refractivity contribution in [1.29, 1.82) is 0 Å². The van der Waals surface area contributed by atoms with Crippen molar-refractivity contribution >= 4 is 33.5 Å². The Balaban J connectivity index is 3.07. The van der Waals surface area contributed by atoms with E-state index in [1.54, 1.807) is 6.92 Å². The molecule has 1 rings (SSSR count). The molecule has 0 aliphatic heterocycles. The minimum atomic E-state index is -2.70. The maximum Gasteiger partial charge on any atom is 0.310 e. The van der Waals surface area contributed by atoms with Gasteiger partial charge >= 0.3 is 5.97 Å². The molecule has 1 aromatic heterocycles. The van der Waals surface area contributed by atoms with Crippen molar-refractivity contribution in [2.45, 2.75) is 25.7 Å². The minimum Gasteiger partial charge on any atom is -0.466 e. The molecule has 0 radical (unpaired) electrons. The zero-order valence-electron chi connectivity index (χ0n) is 9.55. The lowest BCUT2D eigenvalue weighted by Gasteiger charge is -2.11. The summed E-state index contributed by atoms with van der Waals surface area (Å²) in [6.45, 7) is 1.95. The topological polar surface area (TPSA) is 39.2 Å². The minimum absolute atomic E-state index is 0.0115. The molecule has 0 aliphatic carbocycles. The highest BCUT2D eigenvalue weighted by atomic mass is 79.9. The number of pyridine rings is 1. The Hall–Kier alpha value is -0.750. The van der Waals surface area contributed by atoms with Crippen LogP contribution >= 0.6 is 27.5 Å². The summed E-state index contributed by atoms with van der Waals surface area (Å²) in [6.07, 6.45) is -1.50. The molecular formula is C11H11BrClF2NO2. The van der Waals surface area contributed by atoms with Gasteiger partial charge in [0.05, 0.1) is 13.0 Å². The molecule has 0 fully saturated rings. The molecule has 1 aromatic rings. The van der Waals surface area contributed by atoms with E-state index in [-0.39, 0.29) is 29.1 Å². The van der Waals surface area contributed by atoms with Crippen molar-refractivity contribution in [3.8, 4) is 0 Å². The van der Waals surface area contributed by atoms with E-state index in [1.165, 1.54) is 6.20 Å². The second-order valence-corrected chi connectivity index (χ2v) is 4.44. The fourth-order valence-corrected chi connectivity index (χ4v) is 2.53. The third-order valence-electron chi connectivity index (χ3n) is 2.22. The van der Waals surface area contributed by atoms with E-state index >= 15 is 0 Å². The van der Waals surface area contributed by atoms with Gasteiger partial charge in [-0.15, -0.1) is 11.6 Å². The van der Waals surface area contributed by atoms with Crippen LogP contribution in [0.25, 0.3) is 0 Å². The van der Waals surface area contributed by atoms with Crippen LogP contribution in [-0.2, 0) is 21.8 Å². The van der Waals surface area contributed by atoms with Crippen molar-refractivity contribution in [1.82, 2.24) is 4.98 Å². The van der Waals surface area contributed by atoms with Crippen LogP contribution < -0.4 is 0 Å². The largest absolute Gasteiger partial charge is 0.466 e. The molecule has 100 valence electrons. The zero-order valence-corrected chi connectivity index (χ0v) is 11.9. The van der Waals surface area contributed by atoms with Gasteiger partial charge in [0.2, 0.25) is 0 Å². The van der Waals surface area contributed by atoms with Crippen molar-refractivity contribution in [3.63, 3.8) is 0 Å². The van der Waals surface area contributed by atoms with E-state index in [4.69, 9.17) is 16.3 Å². The summed E-state index contributed by atoms with van der Waals surface area (Å²) < 4.78 is 30.2. The third-order valence-corrected chi connectivity index (χ3v) is 3.37. The first-order chi connectivity index (χ1) is 8.51. The average molecular weight is 343 g/mol. The average Bonchev–Trinajstić information content (AvgIpc) is 2.29. The van der Waals surface area contributed by atoms with E-state index in [0.29, 0.717) is 11.1 Å². The molecule has 7 heteroatoms. The number of carbonyl (C=O) groups is 1. The number of ether oxygens (including phenoxy) is 1. The number of rotatable bonds is 5. The first kappa shape index (κ1) is 15.3. The number of hydrogen-bond donors (Lipinski definition) is 0. The predicted molar refractivity (Wildman–Crippen MR) is 66.8 cm³/mol. The quantitative estimate of drug-likeness (QED) is 0.606. The molecule has 3 nitrogen and oxygen atoms in total.